The zero-order valence-electron chi connectivity index (χ0n) is 31.7. The predicted octanol–water partition coefficient (Wildman–Crippen LogP) is 11.2. The van der Waals surface area contributed by atoms with E-state index in [9.17, 15) is 19.8 Å². The van der Waals surface area contributed by atoms with Crippen LogP contribution in [0, 0.1) is 0 Å². The molecule has 0 aliphatic heterocycles. The summed E-state index contributed by atoms with van der Waals surface area (Å²) in [4.78, 5) is 24.2. The number of nitrogens with one attached hydrogen (secondary N) is 1. The minimum Gasteiger partial charge on any atom is -0.466 e. The molecule has 282 valence electrons. The Balaban J connectivity index is 3.57. The van der Waals surface area contributed by atoms with E-state index in [1.54, 1.807) is 6.08 Å². The molecule has 2 unspecified atom stereocenters. The molecule has 0 bridgehead atoms. The third-order valence-corrected chi connectivity index (χ3v) is 9.22. The molecule has 6 nitrogen and oxygen atoms in total. The van der Waals surface area contributed by atoms with Crippen LogP contribution in [0.2, 0.25) is 0 Å². The highest BCUT2D eigenvalue weighted by molar-refractivity contribution is 5.76. The normalized spacial score (nSPS) is 13.0. The zero-order chi connectivity index (χ0) is 35.2. The number of unbranched alkanes of at least 4 members (excludes halogenated alkanes) is 24. The number of aliphatic hydroxyl groups excluding tert-OH is 2. The molecule has 0 aliphatic carbocycles. The maximum Gasteiger partial charge on any atom is 0.305 e. The first-order valence-electron chi connectivity index (χ1n) is 20.6. The first-order valence-corrected chi connectivity index (χ1v) is 20.6. The van der Waals surface area contributed by atoms with Gasteiger partial charge in [-0.15, -0.1) is 0 Å². The largest absolute Gasteiger partial charge is 0.466 e. The molecule has 0 radical (unpaired) electrons. The van der Waals surface area contributed by atoms with E-state index in [4.69, 9.17) is 4.74 Å². The molecule has 2 atom stereocenters. The molecular formula is C42H79NO5. The first-order chi connectivity index (χ1) is 23.5. The topological polar surface area (TPSA) is 95.9 Å². The lowest BCUT2D eigenvalue weighted by Crippen LogP contribution is -2.45. The monoisotopic (exact) mass is 678 g/mol. The number of carbonyl (C=O) groups is 2. The van der Waals surface area contributed by atoms with Crippen LogP contribution in [0.4, 0.5) is 0 Å². The fraction of sp³-hybridized carbons (Fsp3) is 0.857. The van der Waals surface area contributed by atoms with E-state index in [1.165, 1.54) is 103 Å². The Morgan fingerprint density at radius 1 is 0.562 bits per heavy atom. The Bertz CT molecular complexity index is 752. The number of allylic oxidation sites excluding steroid dienone is 3. The van der Waals surface area contributed by atoms with E-state index in [0.29, 0.717) is 19.4 Å². The zero-order valence-corrected chi connectivity index (χ0v) is 31.7. The molecule has 0 saturated heterocycles. The molecule has 0 rings (SSSR count). The summed E-state index contributed by atoms with van der Waals surface area (Å²) in [5, 5.41) is 22.8. The smallest absolute Gasteiger partial charge is 0.305 e. The minimum atomic E-state index is -0.862. The highest BCUT2D eigenvalue weighted by Crippen LogP contribution is 2.13. The number of ether oxygens (including phenoxy) is 1. The molecule has 3 N–H and O–H groups in total. The molecule has 0 saturated carbocycles. The number of hydrogen-bond acceptors (Lipinski definition) is 5. The lowest BCUT2D eigenvalue weighted by molar-refractivity contribution is -0.143. The summed E-state index contributed by atoms with van der Waals surface area (Å²) < 4.78 is 5.40. The van der Waals surface area contributed by atoms with Crippen LogP contribution in [0.15, 0.2) is 24.3 Å². The molecule has 0 heterocycles. The molecule has 6 heteroatoms. The van der Waals surface area contributed by atoms with Crippen molar-refractivity contribution in [2.45, 2.75) is 219 Å². The van der Waals surface area contributed by atoms with Crippen molar-refractivity contribution in [2.75, 3.05) is 13.2 Å². The van der Waals surface area contributed by atoms with E-state index in [2.05, 4.69) is 31.3 Å². The summed E-state index contributed by atoms with van der Waals surface area (Å²) in [6.07, 6.45) is 41.6. The van der Waals surface area contributed by atoms with Crippen LogP contribution < -0.4 is 5.32 Å². The van der Waals surface area contributed by atoms with Gasteiger partial charge in [0.15, 0.2) is 0 Å². The van der Waals surface area contributed by atoms with Crippen LogP contribution in [0.25, 0.3) is 0 Å². The van der Waals surface area contributed by atoms with Crippen molar-refractivity contribution < 1.29 is 24.5 Å². The quantitative estimate of drug-likeness (QED) is 0.0345. The van der Waals surface area contributed by atoms with Gasteiger partial charge in [0.2, 0.25) is 5.91 Å². The summed E-state index contributed by atoms with van der Waals surface area (Å²) in [5.74, 6) is -0.147. The van der Waals surface area contributed by atoms with Crippen molar-refractivity contribution in [3.63, 3.8) is 0 Å². The number of carbonyl (C=O) groups excluding carboxylic acids is 2. The van der Waals surface area contributed by atoms with Gasteiger partial charge in [-0.05, 0) is 57.8 Å². The second kappa shape index (κ2) is 38.1. The summed E-state index contributed by atoms with van der Waals surface area (Å²) in [7, 11) is 0. The van der Waals surface area contributed by atoms with Crippen molar-refractivity contribution in [2.24, 2.45) is 0 Å². The van der Waals surface area contributed by atoms with Crippen molar-refractivity contribution in [1.29, 1.82) is 0 Å². The summed E-state index contributed by atoms with van der Waals surface area (Å²) >= 11 is 0. The van der Waals surface area contributed by atoms with Crippen LogP contribution in [0.1, 0.15) is 206 Å². The lowest BCUT2D eigenvalue weighted by atomic mass is 10.0. The molecule has 0 fully saturated rings. The lowest BCUT2D eigenvalue weighted by Gasteiger charge is -2.20. The number of aliphatic hydroxyl groups is 2. The van der Waals surface area contributed by atoms with E-state index < -0.39 is 12.1 Å². The fourth-order valence-electron chi connectivity index (χ4n) is 5.98. The molecule has 0 aromatic rings. The number of hydrogen-bond donors (Lipinski definition) is 3. The molecule has 0 aliphatic rings. The number of amides is 1. The van der Waals surface area contributed by atoms with Gasteiger partial charge >= 0.3 is 5.97 Å². The second-order valence-corrected chi connectivity index (χ2v) is 14.0. The van der Waals surface area contributed by atoms with Gasteiger partial charge < -0.3 is 20.3 Å². The molecule has 1 amide bonds. The van der Waals surface area contributed by atoms with Crippen molar-refractivity contribution >= 4 is 11.9 Å². The molecule has 0 aromatic heterocycles. The Hall–Kier alpha value is -1.66. The van der Waals surface area contributed by atoms with Crippen molar-refractivity contribution in [1.82, 2.24) is 5.32 Å². The van der Waals surface area contributed by atoms with Crippen LogP contribution in [-0.4, -0.2) is 47.4 Å². The van der Waals surface area contributed by atoms with Gasteiger partial charge in [-0.1, -0.05) is 160 Å². The first kappa shape index (κ1) is 46.3. The SMILES string of the molecule is CCCCCCCCC/C=C/C(O)C(CO)NC(=O)CCCCCC/C=C\CCCCOC(=O)CCCCCCCCCCCCCC. The number of rotatable bonds is 37. The van der Waals surface area contributed by atoms with Gasteiger partial charge in [0, 0.05) is 12.8 Å². The standard InChI is InChI=1S/C42H79NO5/c1-3-5-7-9-11-13-14-15-20-24-28-32-36-42(47)48-37-33-29-25-21-17-16-19-23-27-31-35-41(46)43-39(38-44)40(45)34-30-26-22-18-12-10-8-6-4-2/h17,21,30,34,39-40,44-45H,3-16,18-20,22-29,31-33,35-38H2,1-2H3,(H,43,46)/b21-17-,34-30+. The van der Waals surface area contributed by atoms with Gasteiger partial charge in [0.05, 0.1) is 25.4 Å². The van der Waals surface area contributed by atoms with Crippen LogP contribution in [-0.2, 0) is 14.3 Å². The van der Waals surface area contributed by atoms with Gasteiger partial charge in [-0.25, -0.2) is 0 Å². The third-order valence-electron chi connectivity index (χ3n) is 9.22. The molecular weight excluding hydrogens is 598 g/mol. The van der Waals surface area contributed by atoms with E-state index in [0.717, 1.165) is 77.0 Å². The second-order valence-electron chi connectivity index (χ2n) is 14.0. The average molecular weight is 678 g/mol. The van der Waals surface area contributed by atoms with Gasteiger partial charge in [-0.3, -0.25) is 9.59 Å². The van der Waals surface area contributed by atoms with Gasteiger partial charge in [0.1, 0.15) is 0 Å². The molecule has 0 spiro atoms. The highest BCUT2D eigenvalue weighted by Gasteiger charge is 2.17. The molecule has 48 heavy (non-hydrogen) atoms. The predicted molar refractivity (Wildman–Crippen MR) is 204 cm³/mol. The Morgan fingerprint density at radius 3 is 1.48 bits per heavy atom. The summed E-state index contributed by atoms with van der Waals surface area (Å²) in [6.45, 7) is 4.76. The van der Waals surface area contributed by atoms with Gasteiger partial charge in [0.25, 0.3) is 0 Å². The minimum absolute atomic E-state index is 0.0394. The maximum absolute atomic E-state index is 12.3. The van der Waals surface area contributed by atoms with Crippen LogP contribution >= 0.6 is 0 Å². The van der Waals surface area contributed by atoms with Crippen LogP contribution in [0.3, 0.4) is 0 Å². The summed E-state index contributed by atoms with van der Waals surface area (Å²) in [5.41, 5.74) is 0. The van der Waals surface area contributed by atoms with E-state index >= 15 is 0 Å². The fourth-order valence-corrected chi connectivity index (χ4v) is 5.98. The maximum atomic E-state index is 12.3. The van der Waals surface area contributed by atoms with Crippen molar-refractivity contribution in [3.05, 3.63) is 24.3 Å². The number of esters is 1. The van der Waals surface area contributed by atoms with Crippen LogP contribution in [0.5, 0.6) is 0 Å². The van der Waals surface area contributed by atoms with E-state index in [1.807, 2.05) is 6.08 Å². The van der Waals surface area contributed by atoms with Gasteiger partial charge in [-0.2, -0.15) is 0 Å². The Morgan fingerprint density at radius 2 is 0.979 bits per heavy atom. The third kappa shape index (κ3) is 34.2. The summed E-state index contributed by atoms with van der Waals surface area (Å²) in [6, 6.07) is -0.649. The highest BCUT2D eigenvalue weighted by atomic mass is 16.5. The Labute approximate surface area is 297 Å². The average Bonchev–Trinajstić information content (AvgIpc) is 3.08. The van der Waals surface area contributed by atoms with Crippen molar-refractivity contribution in [3.8, 4) is 0 Å². The molecule has 0 aromatic carbocycles. The Kier molecular flexibility index (Phi) is 36.8. The van der Waals surface area contributed by atoms with E-state index in [-0.39, 0.29) is 18.5 Å².